The molecule has 0 spiro atoms. The van der Waals surface area contributed by atoms with Crippen molar-refractivity contribution in [1.82, 2.24) is 14.6 Å². The second-order valence-corrected chi connectivity index (χ2v) is 3.09. The summed E-state index contributed by atoms with van der Waals surface area (Å²) in [6.07, 6.45) is 3.98. The molecule has 0 unspecified atom stereocenters. The van der Waals surface area contributed by atoms with Gasteiger partial charge in [-0.25, -0.2) is 9.50 Å². The minimum atomic E-state index is 0.428. The van der Waals surface area contributed by atoms with Gasteiger partial charge in [0.25, 0.3) is 0 Å². The quantitative estimate of drug-likeness (QED) is 0.677. The lowest BCUT2D eigenvalue weighted by molar-refractivity contribution is -0.107. The average Bonchev–Trinajstić information content (AvgIpc) is 2.60. The zero-order valence-electron chi connectivity index (χ0n) is 7.97. The highest BCUT2D eigenvalue weighted by Crippen LogP contribution is 2.05. The molecule has 2 heterocycles. The molecular weight excluding hydrogens is 178 g/mol. The summed E-state index contributed by atoms with van der Waals surface area (Å²) in [6, 6.07) is 3.78. The predicted octanol–water partition coefficient (Wildman–Crippen LogP) is 1.03. The van der Waals surface area contributed by atoms with E-state index in [-0.39, 0.29) is 0 Å². The number of aldehydes is 1. The standard InChI is InChI=1S/C10H11N3O/c1-2-9-11-10-4-3-8(5-6-14)7-13(10)12-9/h3-4,6-7H,2,5H2,1H3. The Morgan fingerprint density at radius 1 is 1.50 bits per heavy atom. The summed E-state index contributed by atoms with van der Waals surface area (Å²) < 4.78 is 1.72. The highest BCUT2D eigenvalue weighted by Gasteiger charge is 2.01. The number of fused-ring (bicyclic) bond motifs is 1. The molecule has 0 bridgehead atoms. The van der Waals surface area contributed by atoms with Gasteiger partial charge in [0.05, 0.1) is 0 Å². The summed E-state index contributed by atoms with van der Waals surface area (Å²) >= 11 is 0. The summed E-state index contributed by atoms with van der Waals surface area (Å²) in [5, 5.41) is 4.26. The van der Waals surface area contributed by atoms with E-state index in [1.165, 1.54) is 0 Å². The third kappa shape index (κ3) is 1.51. The van der Waals surface area contributed by atoms with Crippen molar-refractivity contribution in [2.24, 2.45) is 0 Å². The molecule has 4 nitrogen and oxygen atoms in total. The van der Waals surface area contributed by atoms with Crippen LogP contribution in [-0.4, -0.2) is 20.9 Å². The fraction of sp³-hybridized carbons (Fsp3) is 0.300. The van der Waals surface area contributed by atoms with E-state index in [1.54, 1.807) is 4.52 Å². The van der Waals surface area contributed by atoms with Crippen LogP contribution in [0, 0.1) is 0 Å². The maximum Gasteiger partial charge on any atom is 0.155 e. The molecule has 4 heteroatoms. The third-order valence-corrected chi connectivity index (χ3v) is 2.07. The van der Waals surface area contributed by atoms with E-state index >= 15 is 0 Å². The van der Waals surface area contributed by atoms with Crippen LogP contribution in [0.4, 0.5) is 0 Å². The molecule has 0 radical (unpaired) electrons. The Bertz CT molecular complexity index is 461. The van der Waals surface area contributed by atoms with Crippen LogP contribution in [0.15, 0.2) is 18.3 Å². The van der Waals surface area contributed by atoms with Crippen LogP contribution in [0.3, 0.4) is 0 Å². The molecule has 2 aromatic heterocycles. The van der Waals surface area contributed by atoms with E-state index in [0.717, 1.165) is 29.7 Å². The molecule has 0 N–H and O–H groups in total. The Morgan fingerprint density at radius 3 is 3.07 bits per heavy atom. The molecule has 0 amide bonds. The summed E-state index contributed by atoms with van der Waals surface area (Å²) in [5.74, 6) is 0.827. The van der Waals surface area contributed by atoms with E-state index in [9.17, 15) is 4.79 Å². The van der Waals surface area contributed by atoms with Crippen LogP contribution in [0.25, 0.3) is 5.65 Å². The van der Waals surface area contributed by atoms with Crippen molar-refractivity contribution in [1.29, 1.82) is 0 Å². The molecule has 0 aliphatic rings. The van der Waals surface area contributed by atoms with Gasteiger partial charge in [-0.3, -0.25) is 0 Å². The van der Waals surface area contributed by atoms with E-state index in [4.69, 9.17) is 0 Å². The maximum absolute atomic E-state index is 10.3. The lowest BCUT2D eigenvalue weighted by atomic mass is 10.2. The van der Waals surface area contributed by atoms with Gasteiger partial charge in [0.15, 0.2) is 11.5 Å². The largest absolute Gasteiger partial charge is 0.303 e. The van der Waals surface area contributed by atoms with Gasteiger partial charge in [-0.2, -0.15) is 5.10 Å². The number of nitrogens with zero attached hydrogens (tertiary/aromatic N) is 3. The average molecular weight is 189 g/mol. The first-order valence-electron chi connectivity index (χ1n) is 4.61. The number of carbonyl (C=O) groups is 1. The fourth-order valence-electron chi connectivity index (χ4n) is 1.34. The first-order chi connectivity index (χ1) is 6.83. The van der Waals surface area contributed by atoms with Gasteiger partial charge in [-0.05, 0) is 11.6 Å². The molecule has 72 valence electrons. The molecule has 0 saturated carbocycles. The Hall–Kier alpha value is -1.71. The number of aryl methyl sites for hydroxylation is 1. The van der Waals surface area contributed by atoms with Gasteiger partial charge in [0.2, 0.25) is 0 Å². The normalized spacial score (nSPS) is 10.6. The van der Waals surface area contributed by atoms with Crippen molar-refractivity contribution >= 4 is 11.9 Å². The van der Waals surface area contributed by atoms with Crippen molar-refractivity contribution in [2.45, 2.75) is 19.8 Å². The van der Waals surface area contributed by atoms with Gasteiger partial charge in [-0.15, -0.1) is 0 Å². The molecule has 0 atom stereocenters. The number of aromatic nitrogens is 3. The summed E-state index contributed by atoms with van der Waals surface area (Å²) in [7, 11) is 0. The van der Waals surface area contributed by atoms with Crippen LogP contribution >= 0.6 is 0 Å². The van der Waals surface area contributed by atoms with Crippen LogP contribution in [0.5, 0.6) is 0 Å². The van der Waals surface area contributed by atoms with E-state index < -0.39 is 0 Å². The third-order valence-electron chi connectivity index (χ3n) is 2.07. The van der Waals surface area contributed by atoms with Crippen LogP contribution in [0.2, 0.25) is 0 Å². The van der Waals surface area contributed by atoms with E-state index in [1.807, 2.05) is 25.3 Å². The van der Waals surface area contributed by atoms with Crippen molar-refractivity contribution in [3.63, 3.8) is 0 Å². The van der Waals surface area contributed by atoms with Crippen LogP contribution in [-0.2, 0) is 17.6 Å². The number of carbonyl (C=O) groups excluding carboxylic acids is 1. The van der Waals surface area contributed by atoms with Gasteiger partial charge >= 0.3 is 0 Å². The smallest absolute Gasteiger partial charge is 0.155 e. The predicted molar refractivity (Wildman–Crippen MR) is 52.1 cm³/mol. The monoisotopic (exact) mass is 189 g/mol. The molecule has 0 aliphatic carbocycles. The Balaban J connectivity index is 2.48. The molecule has 0 aliphatic heterocycles. The topological polar surface area (TPSA) is 47.3 Å². The number of hydrogen-bond acceptors (Lipinski definition) is 3. The highest BCUT2D eigenvalue weighted by molar-refractivity contribution is 5.55. The summed E-state index contributed by atoms with van der Waals surface area (Å²) in [5.41, 5.74) is 1.79. The molecule has 2 rings (SSSR count). The molecule has 2 aromatic rings. The number of pyridine rings is 1. The summed E-state index contributed by atoms with van der Waals surface area (Å²) in [6.45, 7) is 2.01. The Labute approximate surface area is 81.6 Å². The highest BCUT2D eigenvalue weighted by atomic mass is 16.1. The fourth-order valence-corrected chi connectivity index (χ4v) is 1.34. The first-order valence-corrected chi connectivity index (χ1v) is 4.61. The second kappa shape index (κ2) is 3.57. The summed E-state index contributed by atoms with van der Waals surface area (Å²) in [4.78, 5) is 14.6. The van der Waals surface area contributed by atoms with Crippen LogP contribution < -0.4 is 0 Å². The maximum atomic E-state index is 10.3. The van der Waals surface area contributed by atoms with E-state index in [0.29, 0.717) is 6.42 Å². The minimum Gasteiger partial charge on any atom is -0.303 e. The minimum absolute atomic E-state index is 0.428. The van der Waals surface area contributed by atoms with Crippen molar-refractivity contribution in [3.8, 4) is 0 Å². The van der Waals surface area contributed by atoms with E-state index in [2.05, 4.69) is 10.1 Å². The molecule has 0 aromatic carbocycles. The molecule has 0 saturated heterocycles. The number of rotatable bonds is 3. The first kappa shape index (κ1) is 8.87. The van der Waals surface area contributed by atoms with Crippen molar-refractivity contribution in [2.75, 3.05) is 0 Å². The molecule has 14 heavy (non-hydrogen) atoms. The zero-order chi connectivity index (χ0) is 9.97. The Kier molecular flexibility index (Phi) is 2.26. The van der Waals surface area contributed by atoms with Gasteiger partial charge in [0.1, 0.15) is 6.29 Å². The van der Waals surface area contributed by atoms with Gasteiger partial charge < -0.3 is 4.79 Å². The number of hydrogen-bond donors (Lipinski definition) is 0. The van der Waals surface area contributed by atoms with Crippen molar-refractivity contribution in [3.05, 3.63) is 29.7 Å². The van der Waals surface area contributed by atoms with Crippen LogP contribution in [0.1, 0.15) is 18.3 Å². The molecule has 0 fully saturated rings. The lowest BCUT2D eigenvalue weighted by Crippen LogP contribution is -1.92. The zero-order valence-corrected chi connectivity index (χ0v) is 7.97. The van der Waals surface area contributed by atoms with Gasteiger partial charge in [-0.1, -0.05) is 13.0 Å². The molecular formula is C10H11N3O. The second-order valence-electron chi connectivity index (χ2n) is 3.09. The Morgan fingerprint density at radius 2 is 2.36 bits per heavy atom. The lowest BCUT2D eigenvalue weighted by Gasteiger charge is -1.94. The van der Waals surface area contributed by atoms with Gasteiger partial charge in [0, 0.05) is 19.0 Å². The van der Waals surface area contributed by atoms with Crippen molar-refractivity contribution < 1.29 is 4.79 Å². The SMILES string of the molecule is CCc1nc2ccc(CC=O)cn2n1.